The van der Waals surface area contributed by atoms with Crippen molar-refractivity contribution in [3.63, 3.8) is 0 Å². The van der Waals surface area contributed by atoms with Crippen LogP contribution in [0.25, 0.3) is 11.2 Å². The molecule has 4 aromatic rings. The van der Waals surface area contributed by atoms with Crippen LogP contribution >= 0.6 is 0 Å². The standard InChI is InChI=1S/C21H20N6O3/c1-25-17-16(19(29)26(2)21(25)30)27(13-14-9-5-3-6-10-14)20(22-17)24-23-18(28)15-11-7-4-8-12-15/h3-12H,13H2,1-2H3,(H,22,24)(H,23,28). The van der Waals surface area contributed by atoms with E-state index in [0.29, 0.717) is 12.1 Å². The van der Waals surface area contributed by atoms with Crippen LogP contribution in [-0.4, -0.2) is 24.6 Å². The van der Waals surface area contributed by atoms with Gasteiger partial charge in [0.15, 0.2) is 11.2 Å². The molecule has 9 heteroatoms. The lowest BCUT2D eigenvalue weighted by Crippen LogP contribution is -2.37. The summed E-state index contributed by atoms with van der Waals surface area (Å²) in [4.78, 5) is 42.0. The largest absolute Gasteiger partial charge is 0.332 e. The van der Waals surface area contributed by atoms with Crippen LogP contribution in [0, 0.1) is 0 Å². The first-order valence-corrected chi connectivity index (χ1v) is 9.29. The number of imidazole rings is 1. The highest BCUT2D eigenvalue weighted by atomic mass is 16.2. The maximum atomic E-state index is 12.9. The summed E-state index contributed by atoms with van der Waals surface area (Å²) in [7, 11) is 2.98. The Morgan fingerprint density at radius 1 is 0.933 bits per heavy atom. The van der Waals surface area contributed by atoms with E-state index in [1.807, 2.05) is 36.4 Å². The van der Waals surface area contributed by atoms with Crippen molar-refractivity contribution < 1.29 is 4.79 Å². The van der Waals surface area contributed by atoms with E-state index in [0.717, 1.165) is 10.1 Å². The summed E-state index contributed by atoms with van der Waals surface area (Å²) in [5.41, 5.74) is 6.37. The highest BCUT2D eigenvalue weighted by Gasteiger charge is 2.20. The molecule has 9 nitrogen and oxygen atoms in total. The van der Waals surface area contributed by atoms with Gasteiger partial charge >= 0.3 is 5.69 Å². The molecule has 2 heterocycles. The van der Waals surface area contributed by atoms with Crippen LogP contribution in [0.2, 0.25) is 0 Å². The van der Waals surface area contributed by atoms with Crippen molar-refractivity contribution in [1.82, 2.24) is 24.1 Å². The summed E-state index contributed by atoms with van der Waals surface area (Å²) in [6.45, 7) is 0.328. The van der Waals surface area contributed by atoms with E-state index in [1.54, 1.807) is 35.9 Å². The Bertz CT molecular complexity index is 1340. The fourth-order valence-corrected chi connectivity index (χ4v) is 3.24. The molecule has 0 unspecified atom stereocenters. The van der Waals surface area contributed by atoms with Gasteiger partial charge in [0.25, 0.3) is 11.5 Å². The third kappa shape index (κ3) is 3.37. The molecule has 0 aliphatic heterocycles. The van der Waals surface area contributed by atoms with Crippen molar-refractivity contribution in [3.05, 3.63) is 92.6 Å². The van der Waals surface area contributed by atoms with Gasteiger partial charge in [-0.1, -0.05) is 48.5 Å². The van der Waals surface area contributed by atoms with Crippen LogP contribution in [0.3, 0.4) is 0 Å². The summed E-state index contributed by atoms with van der Waals surface area (Å²) in [5.74, 6) is -0.104. The number of nitrogens with one attached hydrogen (secondary N) is 2. The Morgan fingerprint density at radius 3 is 2.23 bits per heavy atom. The number of nitrogens with zero attached hydrogens (tertiary/aromatic N) is 4. The number of aromatic nitrogens is 4. The molecular formula is C21H20N6O3. The second kappa shape index (κ2) is 7.70. The summed E-state index contributed by atoms with van der Waals surface area (Å²) < 4.78 is 4.00. The number of amides is 1. The quantitative estimate of drug-likeness (QED) is 0.487. The van der Waals surface area contributed by atoms with Crippen molar-refractivity contribution in [1.29, 1.82) is 0 Å². The van der Waals surface area contributed by atoms with Crippen LogP contribution in [-0.2, 0) is 20.6 Å². The second-order valence-corrected chi connectivity index (χ2v) is 6.83. The Hall–Kier alpha value is -4.14. The molecule has 0 atom stereocenters. The summed E-state index contributed by atoms with van der Waals surface area (Å²) in [6.07, 6.45) is 0. The van der Waals surface area contributed by atoms with Crippen LogP contribution < -0.4 is 22.1 Å². The van der Waals surface area contributed by atoms with Gasteiger partial charge in [0.1, 0.15) is 0 Å². The van der Waals surface area contributed by atoms with Gasteiger partial charge in [0, 0.05) is 19.7 Å². The molecule has 152 valence electrons. The molecular weight excluding hydrogens is 384 g/mol. The van der Waals surface area contributed by atoms with E-state index in [-0.39, 0.29) is 23.0 Å². The molecule has 0 bridgehead atoms. The van der Waals surface area contributed by atoms with E-state index in [9.17, 15) is 14.4 Å². The SMILES string of the molecule is Cn1c(=O)c2c(nc(NNC(=O)c3ccccc3)n2Cc2ccccc2)n(C)c1=O. The molecule has 2 N–H and O–H groups in total. The minimum Gasteiger partial charge on any atom is -0.298 e. The lowest BCUT2D eigenvalue weighted by atomic mass is 10.2. The zero-order valence-corrected chi connectivity index (χ0v) is 16.5. The number of hydrogen-bond acceptors (Lipinski definition) is 5. The predicted octanol–water partition coefficient (Wildman–Crippen LogP) is 1.24. The Balaban J connectivity index is 1.79. The Labute approximate surface area is 171 Å². The van der Waals surface area contributed by atoms with Crippen molar-refractivity contribution in [2.45, 2.75) is 6.54 Å². The highest BCUT2D eigenvalue weighted by Crippen LogP contribution is 2.17. The van der Waals surface area contributed by atoms with Crippen LogP contribution in [0.1, 0.15) is 15.9 Å². The lowest BCUT2D eigenvalue weighted by Gasteiger charge is -2.12. The molecule has 2 aromatic heterocycles. The van der Waals surface area contributed by atoms with Gasteiger partial charge in [-0.15, -0.1) is 0 Å². The average Bonchev–Trinajstić information content (AvgIpc) is 3.14. The van der Waals surface area contributed by atoms with Crippen molar-refractivity contribution >= 4 is 23.0 Å². The number of carbonyl (C=O) groups is 1. The van der Waals surface area contributed by atoms with E-state index < -0.39 is 11.2 Å². The topological polar surface area (TPSA) is 103 Å². The molecule has 1 amide bonds. The van der Waals surface area contributed by atoms with Crippen LogP contribution in [0.15, 0.2) is 70.3 Å². The summed E-state index contributed by atoms with van der Waals surface area (Å²) in [5, 5.41) is 0. The number of hydrazine groups is 1. The number of hydrogen-bond donors (Lipinski definition) is 2. The van der Waals surface area contributed by atoms with Crippen LogP contribution in [0.5, 0.6) is 0 Å². The molecule has 0 radical (unpaired) electrons. The number of anilines is 1. The van der Waals surface area contributed by atoms with E-state index in [1.165, 1.54) is 11.6 Å². The van der Waals surface area contributed by atoms with Gasteiger partial charge in [-0.25, -0.2) is 4.79 Å². The number of aryl methyl sites for hydroxylation is 1. The van der Waals surface area contributed by atoms with E-state index in [4.69, 9.17) is 0 Å². The molecule has 4 rings (SSSR count). The fourth-order valence-electron chi connectivity index (χ4n) is 3.24. The number of benzene rings is 2. The number of rotatable bonds is 5. The molecule has 30 heavy (non-hydrogen) atoms. The zero-order valence-electron chi connectivity index (χ0n) is 16.5. The molecule has 0 aliphatic rings. The van der Waals surface area contributed by atoms with Crippen molar-refractivity contribution in [2.75, 3.05) is 5.43 Å². The maximum Gasteiger partial charge on any atom is 0.332 e. The van der Waals surface area contributed by atoms with Gasteiger partial charge in [0.05, 0.1) is 6.54 Å². The maximum absolute atomic E-state index is 12.9. The van der Waals surface area contributed by atoms with Gasteiger partial charge < -0.3 is 0 Å². The normalized spacial score (nSPS) is 10.9. The monoisotopic (exact) mass is 404 g/mol. The smallest absolute Gasteiger partial charge is 0.298 e. The number of fused-ring (bicyclic) bond motifs is 1. The van der Waals surface area contributed by atoms with Gasteiger partial charge in [-0.05, 0) is 17.7 Å². The van der Waals surface area contributed by atoms with Crippen molar-refractivity contribution in [3.8, 4) is 0 Å². The Kier molecular flexibility index (Phi) is 4.93. The van der Waals surface area contributed by atoms with E-state index in [2.05, 4.69) is 15.8 Å². The molecule has 0 spiro atoms. The first kappa shape index (κ1) is 19.2. The molecule has 0 fully saturated rings. The molecule has 0 saturated carbocycles. The summed E-state index contributed by atoms with van der Waals surface area (Å²) in [6, 6.07) is 18.2. The van der Waals surface area contributed by atoms with Crippen molar-refractivity contribution in [2.24, 2.45) is 14.1 Å². The fraction of sp³-hybridized carbons (Fsp3) is 0.143. The summed E-state index contributed by atoms with van der Waals surface area (Å²) >= 11 is 0. The Morgan fingerprint density at radius 2 is 1.57 bits per heavy atom. The first-order chi connectivity index (χ1) is 14.5. The first-order valence-electron chi connectivity index (χ1n) is 9.29. The number of carbonyl (C=O) groups excluding carboxylic acids is 1. The van der Waals surface area contributed by atoms with Gasteiger partial charge in [-0.2, -0.15) is 4.98 Å². The van der Waals surface area contributed by atoms with E-state index >= 15 is 0 Å². The minimum absolute atomic E-state index is 0.232. The molecule has 0 saturated heterocycles. The second-order valence-electron chi connectivity index (χ2n) is 6.83. The third-order valence-electron chi connectivity index (χ3n) is 4.86. The average molecular weight is 404 g/mol. The highest BCUT2D eigenvalue weighted by molar-refractivity contribution is 5.94. The predicted molar refractivity (Wildman–Crippen MR) is 113 cm³/mol. The lowest BCUT2D eigenvalue weighted by molar-refractivity contribution is 0.0962. The van der Waals surface area contributed by atoms with Crippen LogP contribution in [0.4, 0.5) is 5.95 Å². The van der Waals surface area contributed by atoms with Gasteiger partial charge in [-0.3, -0.25) is 34.1 Å². The third-order valence-corrected chi connectivity index (χ3v) is 4.86. The van der Waals surface area contributed by atoms with Gasteiger partial charge in [0.2, 0.25) is 5.95 Å². The molecule has 0 aliphatic carbocycles. The zero-order chi connectivity index (χ0) is 21.3. The molecule has 2 aromatic carbocycles. The minimum atomic E-state index is -0.475.